The highest BCUT2D eigenvalue weighted by atomic mass is 19.1. The molecule has 0 amide bonds. The van der Waals surface area contributed by atoms with Crippen LogP contribution in [0.4, 0.5) is 4.39 Å². The predicted molar refractivity (Wildman–Crippen MR) is 81.8 cm³/mol. The first-order valence-electron chi connectivity index (χ1n) is 7.51. The molecule has 2 rings (SSSR count). The standard InChI is InChI=1S/C17H22FNO2/c1-3-5-6-17-19-15-8-7-14(9-16(15)21-17)12-20-11-13(4-2)10-18/h7-10H,3-6,11-12H2,1-2H3/b13-10+. The SMILES string of the molecule is CCCCc1nc2ccc(COC/C(=C/F)CC)cc2o1. The monoisotopic (exact) mass is 291 g/mol. The van der Waals surface area contributed by atoms with Crippen LogP contribution in [-0.4, -0.2) is 11.6 Å². The van der Waals surface area contributed by atoms with Crippen LogP contribution in [0, 0.1) is 0 Å². The summed E-state index contributed by atoms with van der Waals surface area (Å²) in [7, 11) is 0. The molecule has 1 heterocycles. The molecule has 4 heteroatoms. The third-order valence-electron chi connectivity index (χ3n) is 3.41. The third-order valence-corrected chi connectivity index (χ3v) is 3.41. The molecule has 0 aliphatic heterocycles. The van der Waals surface area contributed by atoms with Gasteiger partial charge in [0.15, 0.2) is 11.5 Å². The Bertz CT molecular complexity index is 604. The molecule has 3 nitrogen and oxygen atoms in total. The first-order chi connectivity index (χ1) is 10.3. The van der Waals surface area contributed by atoms with Crippen LogP contribution >= 0.6 is 0 Å². The topological polar surface area (TPSA) is 35.3 Å². The molecular formula is C17H22FNO2. The van der Waals surface area contributed by atoms with E-state index in [-0.39, 0.29) is 0 Å². The maximum absolute atomic E-state index is 12.4. The highest BCUT2D eigenvalue weighted by molar-refractivity contribution is 5.73. The number of aryl methyl sites for hydroxylation is 1. The van der Waals surface area contributed by atoms with E-state index in [1.54, 1.807) is 0 Å². The first kappa shape index (κ1) is 15.7. The van der Waals surface area contributed by atoms with Crippen LogP contribution in [0.5, 0.6) is 0 Å². The Kier molecular flexibility index (Phi) is 5.93. The van der Waals surface area contributed by atoms with E-state index in [9.17, 15) is 4.39 Å². The van der Waals surface area contributed by atoms with Gasteiger partial charge in [-0.15, -0.1) is 0 Å². The highest BCUT2D eigenvalue weighted by Crippen LogP contribution is 2.19. The van der Waals surface area contributed by atoms with Gasteiger partial charge in [-0.3, -0.25) is 0 Å². The number of rotatable bonds is 8. The lowest BCUT2D eigenvalue weighted by molar-refractivity contribution is 0.140. The van der Waals surface area contributed by atoms with E-state index in [2.05, 4.69) is 11.9 Å². The van der Waals surface area contributed by atoms with Gasteiger partial charge >= 0.3 is 0 Å². The molecule has 0 bridgehead atoms. The van der Waals surface area contributed by atoms with Crippen molar-refractivity contribution in [3.05, 3.63) is 41.6 Å². The summed E-state index contributed by atoms with van der Waals surface area (Å²) in [6, 6.07) is 5.86. The van der Waals surface area contributed by atoms with E-state index in [4.69, 9.17) is 9.15 Å². The van der Waals surface area contributed by atoms with Crippen molar-refractivity contribution in [2.45, 2.75) is 46.1 Å². The average molecular weight is 291 g/mol. The minimum atomic E-state index is 0.323. The molecular weight excluding hydrogens is 269 g/mol. The third kappa shape index (κ3) is 4.39. The Morgan fingerprint density at radius 2 is 2.24 bits per heavy atom. The summed E-state index contributed by atoms with van der Waals surface area (Å²) >= 11 is 0. The average Bonchev–Trinajstić information content (AvgIpc) is 2.91. The molecule has 0 saturated carbocycles. The highest BCUT2D eigenvalue weighted by Gasteiger charge is 2.06. The van der Waals surface area contributed by atoms with Gasteiger partial charge in [-0.2, -0.15) is 0 Å². The van der Waals surface area contributed by atoms with E-state index < -0.39 is 0 Å². The second kappa shape index (κ2) is 7.93. The van der Waals surface area contributed by atoms with Crippen molar-refractivity contribution < 1.29 is 13.5 Å². The van der Waals surface area contributed by atoms with E-state index in [0.29, 0.717) is 31.5 Å². The van der Waals surface area contributed by atoms with Crippen molar-refractivity contribution in [2.75, 3.05) is 6.61 Å². The summed E-state index contributed by atoms with van der Waals surface area (Å²) in [4.78, 5) is 4.46. The minimum absolute atomic E-state index is 0.323. The Hall–Kier alpha value is -1.68. The molecule has 0 spiro atoms. The van der Waals surface area contributed by atoms with Crippen molar-refractivity contribution in [1.29, 1.82) is 0 Å². The number of unbranched alkanes of at least 4 members (excludes halogenated alkanes) is 1. The van der Waals surface area contributed by atoms with Gasteiger partial charge in [-0.1, -0.05) is 26.3 Å². The summed E-state index contributed by atoms with van der Waals surface area (Å²) in [5.41, 5.74) is 3.34. The largest absolute Gasteiger partial charge is 0.441 e. The molecule has 0 radical (unpaired) electrons. The number of aromatic nitrogens is 1. The number of benzene rings is 1. The first-order valence-corrected chi connectivity index (χ1v) is 7.51. The molecule has 21 heavy (non-hydrogen) atoms. The molecule has 1 aromatic heterocycles. The van der Waals surface area contributed by atoms with Crippen molar-refractivity contribution in [3.8, 4) is 0 Å². The predicted octanol–water partition coefficient (Wildman–Crippen LogP) is 4.95. The molecule has 0 atom stereocenters. The second-order valence-corrected chi connectivity index (χ2v) is 5.13. The van der Waals surface area contributed by atoms with Gasteiger partial charge in [0, 0.05) is 6.42 Å². The fourth-order valence-electron chi connectivity index (χ4n) is 2.05. The Labute approximate surface area is 124 Å². The fraction of sp³-hybridized carbons (Fsp3) is 0.471. The normalized spacial score (nSPS) is 12.2. The Morgan fingerprint density at radius 3 is 2.95 bits per heavy atom. The summed E-state index contributed by atoms with van der Waals surface area (Å²) in [5.74, 6) is 0.790. The van der Waals surface area contributed by atoms with Crippen molar-refractivity contribution in [1.82, 2.24) is 4.98 Å². The maximum Gasteiger partial charge on any atom is 0.195 e. The van der Waals surface area contributed by atoms with Crippen molar-refractivity contribution >= 4 is 11.1 Å². The zero-order valence-electron chi connectivity index (χ0n) is 12.7. The van der Waals surface area contributed by atoms with Gasteiger partial charge in [0.25, 0.3) is 0 Å². The van der Waals surface area contributed by atoms with Gasteiger partial charge < -0.3 is 9.15 Å². The number of hydrogen-bond acceptors (Lipinski definition) is 3. The number of fused-ring (bicyclic) bond motifs is 1. The van der Waals surface area contributed by atoms with Crippen LogP contribution in [0.1, 0.15) is 44.6 Å². The molecule has 2 aromatic rings. The Morgan fingerprint density at radius 1 is 1.38 bits per heavy atom. The second-order valence-electron chi connectivity index (χ2n) is 5.13. The van der Waals surface area contributed by atoms with E-state index in [1.165, 1.54) is 0 Å². The van der Waals surface area contributed by atoms with E-state index in [1.807, 2.05) is 25.1 Å². The molecule has 0 saturated heterocycles. The van der Waals surface area contributed by atoms with Gasteiger partial charge in [-0.05, 0) is 36.1 Å². The quantitative estimate of drug-likeness (QED) is 0.690. The van der Waals surface area contributed by atoms with Crippen LogP contribution in [0.25, 0.3) is 11.1 Å². The zero-order valence-corrected chi connectivity index (χ0v) is 12.7. The summed E-state index contributed by atoms with van der Waals surface area (Å²) < 4.78 is 23.7. The number of hydrogen-bond donors (Lipinski definition) is 0. The van der Waals surface area contributed by atoms with Crippen LogP contribution in [0.2, 0.25) is 0 Å². The molecule has 0 aliphatic rings. The fourth-order valence-corrected chi connectivity index (χ4v) is 2.05. The van der Waals surface area contributed by atoms with Crippen LogP contribution in [0.3, 0.4) is 0 Å². The lowest BCUT2D eigenvalue weighted by Gasteiger charge is -2.05. The summed E-state index contributed by atoms with van der Waals surface area (Å²) in [5, 5.41) is 0. The molecule has 0 aliphatic carbocycles. The molecule has 0 N–H and O–H groups in total. The van der Waals surface area contributed by atoms with Gasteiger partial charge in [0.1, 0.15) is 5.52 Å². The molecule has 1 aromatic carbocycles. The number of ether oxygens (including phenoxy) is 1. The number of nitrogens with zero attached hydrogens (tertiary/aromatic N) is 1. The maximum atomic E-state index is 12.4. The molecule has 0 fully saturated rings. The van der Waals surface area contributed by atoms with Crippen LogP contribution in [0.15, 0.2) is 34.5 Å². The molecule has 0 unspecified atom stereocenters. The minimum Gasteiger partial charge on any atom is -0.441 e. The zero-order chi connectivity index (χ0) is 15.1. The number of halogens is 1. The lowest BCUT2D eigenvalue weighted by Crippen LogP contribution is -1.98. The number of oxazole rings is 1. The van der Waals surface area contributed by atoms with Gasteiger partial charge in [0.2, 0.25) is 0 Å². The molecule has 114 valence electrons. The van der Waals surface area contributed by atoms with E-state index >= 15 is 0 Å². The smallest absolute Gasteiger partial charge is 0.195 e. The van der Waals surface area contributed by atoms with Gasteiger partial charge in [-0.25, -0.2) is 9.37 Å². The van der Waals surface area contributed by atoms with Crippen molar-refractivity contribution in [2.24, 2.45) is 0 Å². The van der Waals surface area contributed by atoms with Crippen LogP contribution < -0.4 is 0 Å². The van der Waals surface area contributed by atoms with Gasteiger partial charge in [0.05, 0.1) is 19.5 Å². The van der Waals surface area contributed by atoms with Crippen LogP contribution in [-0.2, 0) is 17.8 Å². The lowest BCUT2D eigenvalue weighted by atomic mass is 10.2. The summed E-state index contributed by atoms with van der Waals surface area (Å²) in [6.07, 6.45) is 4.37. The summed E-state index contributed by atoms with van der Waals surface area (Å²) in [6.45, 7) is 4.82. The van der Waals surface area contributed by atoms with E-state index in [0.717, 1.165) is 41.8 Å². The van der Waals surface area contributed by atoms with Crippen molar-refractivity contribution in [3.63, 3.8) is 0 Å². The Balaban J connectivity index is 1.98.